The van der Waals surface area contributed by atoms with Gasteiger partial charge in [-0.25, -0.2) is 4.79 Å². The lowest BCUT2D eigenvalue weighted by Crippen LogP contribution is -2.64. The minimum atomic E-state index is -7.20. The summed E-state index contributed by atoms with van der Waals surface area (Å²) in [6.45, 7) is 0. The largest absolute Gasteiger partial charge is 0.465 e. The Hall–Kier alpha value is -1.99. The normalized spacial score (nSPS) is 15.9. The molecule has 1 aliphatic rings. The molecular weight excluding hydrogens is 457 g/mol. The predicted molar refractivity (Wildman–Crippen MR) is 86.4 cm³/mol. The summed E-state index contributed by atoms with van der Waals surface area (Å²) in [6.07, 6.45) is -4.44. The van der Waals surface area contributed by atoms with Gasteiger partial charge in [0.05, 0.1) is 12.7 Å². The third-order valence-electron chi connectivity index (χ3n) is 4.47. The monoisotopic (exact) mass is 471 g/mol. The summed E-state index contributed by atoms with van der Waals surface area (Å²) in [7, 11) is 0.918. The van der Waals surface area contributed by atoms with Gasteiger partial charge in [0.2, 0.25) is 0 Å². The van der Waals surface area contributed by atoms with Crippen molar-refractivity contribution in [3.05, 3.63) is 16.0 Å². The van der Waals surface area contributed by atoms with Gasteiger partial charge in [-0.1, -0.05) is 6.42 Å². The van der Waals surface area contributed by atoms with E-state index in [9.17, 15) is 49.1 Å². The number of aryl methyl sites for hydroxylation is 1. The Morgan fingerprint density at radius 2 is 1.47 bits per heavy atom. The first-order chi connectivity index (χ1) is 13.6. The van der Waals surface area contributed by atoms with Crippen molar-refractivity contribution >= 4 is 28.2 Å². The van der Waals surface area contributed by atoms with Gasteiger partial charge >= 0.3 is 35.8 Å². The second-order valence-corrected chi connectivity index (χ2v) is 7.54. The Morgan fingerprint density at radius 3 is 2.00 bits per heavy atom. The minimum Gasteiger partial charge on any atom is -0.465 e. The second kappa shape index (κ2) is 7.93. The van der Waals surface area contributed by atoms with Crippen LogP contribution < -0.4 is 5.32 Å². The molecule has 1 aliphatic carbocycles. The summed E-state index contributed by atoms with van der Waals surface area (Å²) in [5.74, 6) is -25.0. The maximum Gasteiger partial charge on any atom is 0.460 e. The molecule has 0 aromatic carbocycles. The van der Waals surface area contributed by atoms with E-state index >= 15 is 0 Å². The number of nitrogens with one attached hydrogen (secondary N) is 1. The number of thiophene rings is 1. The van der Waals surface area contributed by atoms with Crippen LogP contribution >= 0.6 is 11.3 Å². The summed E-state index contributed by atoms with van der Waals surface area (Å²) in [6, 6.07) is 0. The van der Waals surface area contributed by atoms with Gasteiger partial charge in [-0.2, -0.15) is 39.5 Å². The van der Waals surface area contributed by atoms with Gasteiger partial charge in [-0.05, 0) is 31.2 Å². The van der Waals surface area contributed by atoms with E-state index in [2.05, 4.69) is 4.74 Å². The van der Waals surface area contributed by atoms with Crippen molar-refractivity contribution in [1.29, 1.82) is 0 Å². The van der Waals surface area contributed by atoms with E-state index < -0.39 is 46.4 Å². The third-order valence-corrected chi connectivity index (χ3v) is 5.67. The average molecular weight is 471 g/mol. The fourth-order valence-electron chi connectivity index (χ4n) is 2.85. The van der Waals surface area contributed by atoms with Crippen LogP contribution in [0.4, 0.5) is 44.5 Å². The molecule has 0 saturated heterocycles. The first-order valence-electron chi connectivity index (χ1n) is 8.34. The SMILES string of the molecule is COC(=O)c1c(NC(=O)C(F)(F)C(F)(F)C(F)(F)C(F)(F)F)sc2c1CCCCC2. The molecule has 30 heavy (non-hydrogen) atoms. The van der Waals surface area contributed by atoms with Crippen LogP contribution in [0.5, 0.6) is 0 Å². The van der Waals surface area contributed by atoms with E-state index in [1.807, 2.05) is 0 Å². The van der Waals surface area contributed by atoms with Crippen LogP contribution in [0, 0.1) is 0 Å². The highest BCUT2D eigenvalue weighted by Crippen LogP contribution is 2.53. The van der Waals surface area contributed by atoms with Crippen molar-refractivity contribution < 1.29 is 53.8 Å². The van der Waals surface area contributed by atoms with Crippen molar-refractivity contribution in [2.24, 2.45) is 0 Å². The molecule has 0 fully saturated rings. The molecule has 0 bridgehead atoms. The first kappa shape index (κ1) is 24.3. The highest BCUT2D eigenvalue weighted by atomic mass is 32.1. The summed E-state index contributed by atoms with van der Waals surface area (Å²) in [5, 5.41) is 0.531. The Kier molecular flexibility index (Phi) is 6.42. The highest BCUT2D eigenvalue weighted by molar-refractivity contribution is 7.17. The van der Waals surface area contributed by atoms with E-state index in [0.29, 0.717) is 41.0 Å². The molecule has 1 aromatic heterocycles. The Morgan fingerprint density at radius 1 is 0.900 bits per heavy atom. The molecule has 1 heterocycles. The van der Waals surface area contributed by atoms with Gasteiger partial charge in [0, 0.05) is 4.88 Å². The van der Waals surface area contributed by atoms with Gasteiger partial charge in [0.25, 0.3) is 0 Å². The quantitative estimate of drug-likeness (QED) is 0.365. The maximum absolute atomic E-state index is 13.8. The van der Waals surface area contributed by atoms with Gasteiger partial charge < -0.3 is 10.1 Å². The smallest absolute Gasteiger partial charge is 0.460 e. The van der Waals surface area contributed by atoms with Crippen LogP contribution in [0.25, 0.3) is 0 Å². The molecule has 1 aromatic rings. The number of anilines is 1. The molecule has 4 nitrogen and oxygen atoms in total. The van der Waals surface area contributed by atoms with Crippen LogP contribution in [-0.2, 0) is 22.4 Å². The van der Waals surface area contributed by atoms with E-state index in [4.69, 9.17) is 0 Å². The van der Waals surface area contributed by atoms with Crippen LogP contribution in [0.15, 0.2) is 0 Å². The molecule has 2 rings (SSSR count). The first-order valence-corrected chi connectivity index (χ1v) is 9.15. The number of hydrogen-bond donors (Lipinski definition) is 1. The van der Waals surface area contributed by atoms with Crippen molar-refractivity contribution in [3.8, 4) is 0 Å². The Labute approximate surface area is 167 Å². The van der Waals surface area contributed by atoms with Crippen molar-refractivity contribution in [2.75, 3.05) is 12.4 Å². The number of fused-ring (bicyclic) bond motifs is 1. The van der Waals surface area contributed by atoms with Crippen LogP contribution in [0.2, 0.25) is 0 Å². The van der Waals surface area contributed by atoms with Crippen molar-refractivity contribution in [2.45, 2.75) is 56.0 Å². The fourth-order valence-corrected chi connectivity index (χ4v) is 4.12. The van der Waals surface area contributed by atoms with Crippen molar-refractivity contribution in [3.63, 3.8) is 0 Å². The lowest BCUT2D eigenvalue weighted by molar-refractivity contribution is -0.388. The second-order valence-electron chi connectivity index (χ2n) is 6.44. The Balaban J connectivity index is 2.45. The lowest BCUT2D eigenvalue weighted by atomic mass is 10.0. The zero-order valence-electron chi connectivity index (χ0n) is 15.1. The molecule has 0 atom stereocenters. The maximum atomic E-state index is 13.8. The summed E-state index contributed by atoms with van der Waals surface area (Å²) in [4.78, 5) is 24.2. The molecule has 1 amide bonds. The molecule has 0 aliphatic heterocycles. The molecule has 0 saturated carbocycles. The number of esters is 1. The van der Waals surface area contributed by atoms with E-state index in [1.165, 1.54) is 5.32 Å². The zero-order chi connectivity index (χ0) is 23.1. The molecule has 0 spiro atoms. The van der Waals surface area contributed by atoms with Crippen molar-refractivity contribution in [1.82, 2.24) is 0 Å². The molecule has 14 heteroatoms. The number of amides is 1. The third kappa shape index (κ3) is 3.85. The van der Waals surface area contributed by atoms with Crippen LogP contribution in [0.1, 0.15) is 40.1 Å². The Bertz CT molecular complexity index is 833. The lowest BCUT2D eigenvalue weighted by Gasteiger charge is -2.32. The van der Waals surface area contributed by atoms with Gasteiger partial charge in [-0.3, -0.25) is 4.79 Å². The van der Waals surface area contributed by atoms with E-state index in [0.717, 1.165) is 13.5 Å². The highest BCUT2D eigenvalue weighted by Gasteiger charge is 2.83. The van der Waals surface area contributed by atoms with Gasteiger partial charge in [0.15, 0.2) is 0 Å². The number of halogens is 9. The van der Waals surface area contributed by atoms with Crippen LogP contribution in [0.3, 0.4) is 0 Å². The minimum absolute atomic E-state index is 0.269. The number of carbonyl (C=O) groups excluding carboxylic acids is 2. The molecule has 0 unspecified atom stereocenters. The fraction of sp³-hybridized carbons (Fsp3) is 0.625. The number of rotatable bonds is 5. The molecule has 0 radical (unpaired) electrons. The molecule has 170 valence electrons. The van der Waals surface area contributed by atoms with Gasteiger partial charge in [0.1, 0.15) is 5.00 Å². The summed E-state index contributed by atoms with van der Waals surface area (Å²) in [5.41, 5.74) is -0.107. The van der Waals surface area contributed by atoms with E-state index in [-0.39, 0.29) is 6.42 Å². The number of ether oxygens (including phenoxy) is 1. The standard InChI is InChI=1S/C16H14F9NO3S/c1-29-11(27)9-7-5-3-2-4-6-8(7)30-10(9)26-12(28)13(17,18)14(19,20)15(21,22)16(23,24)25/h2-6H2,1H3,(H,26,28). The van der Waals surface area contributed by atoms with Gasteiger partial charge in [-0.15, -0.1) is 11.3 Å². The number of alkyl halides is 9. The number of carbonyl (C=O) groups is 2. The van der Waals surface area contributed by atoms with E-state index in [1.54, 1.807) is 0 Å². The number of hydrogen-bond acceptors (Lipinski definition) is 4. The zero-order valence-corrected chi connectivity index (χ0v) is 15.9. The average Bonchev–Trinajstić information content (AvgIpc) is 2.80. The summed E-state index contributed by atoms with van der Waals surface area (Å²) >= 11 is 0.566. The summed E-state index contributed by atoms with van der Waals surface area (Å²) < 4.78 is 122. The van der Waals surface area contributed by atoms with Crippen LogP contribution in [-0.4, -0.2) is 42.9 Å². The predicted octanol–water partition coefficient (Wildman–Crippen LogP) is 5.21. The topological polar surface area (TPSA) is 55.4 Å². The molecule has 1 N–H and O–H groups in total. The molecular formula is C16H14F9NO3S. The number of methoxy groups -OCH3 is 1.